The number of ether oxygens (including phenoxy) is 1. The molecule has 8 rings (SSSR count). The zero-order valence-electron chi connectivity index (χ0n) is 35.3. The number of hydrogen-bond acceptors (Lipinski definition) is 10. The van der Waals surface area contributed by atoms with E-state index >= 15 is 4.39 Å². The van der Waals surface area contributed by atoms with Crippen LogP contribution in [-0.4, -0.2) is 63.3 Å². The molecule has 2 aromatic heterocycles. The zero-order chi connectivity index (χ0) is 45.5. The maximum Gasteiger partial charge on any atom is 0.347 e. The van der Waals surface area contributed by atoms with Crippen LogP contribution in [0.25, 0.3) is 21.3 Å². The fourth-order valence-electron chi connectivity index (χ4n) is 8.27. The number of benzene rings is 5. The summed E-state index contributed by atoms with van der Waals surface area (Å²) in [6.07, 6.45) is 0.747. The van der Waals surface area contributed by atoms with Crippen LogP contribution in [0.4, 0.5) is 4.39 Å². The average molecular weight is 915 g/mol. The van der Waals surface area contributed by atoms with Crippen LogP contribution in [0.3, 0.4) is 0 Å². The summed E-state index contributed by atoms with van der Waals surface area (Å²) in [5.74, 6) is -2.18. The Morgan fingerprint density at radius 2 is 1.62 bits per heavy atom. The van der Waals surface area contributed by atoms with Gasteiger partial charge in [0.05, 0.1) is 35.4 Å². The number of nitrogens with one attached hydrogen (secondary N) is 3. The van der Waals surface area contributed by atoms with E-state index in [4.69, 9.17) is 16.3 Å². The highest BCUT2D eigenvalue weighted by molar-refractivity contribution is 7.15. The third kappa shape index (κ3) is 10.5. The summed E-state index contributed by atoms with van der Waals surface area (Å²) < 4.78 is 21.3. The third-order valence-corrected chi connectivity index (χ3v) is 13.2. The van der Waals surface area contributed by atoms with E-state index in [0.717, 1.165) is 47.8 Å². The van der Waals surface area contributed by atoms with Crippen molar-refractivity contribution in [2.24, 2.45) is 5.92 Å². The van der Waals surface area contributed by atoms with Gasteiger partial charge in [-0.05, 0) is 102 Å². The molecule has 334 valence electrons. The highest BCUT2D eigenvalue weighted by atomic mass is 35.5. The second-order valence-electron chi connectivity index (χ2n) is 16.3. The van der Waals surface area contributed by atoms with Gasteiger partial charge in [-0.1, -0.05) is 96.5 Å². The molecule has 0 saturated carbocycles. The van der Waals surface area contributed by atoms with Gasteiger partial charge in [0.1, 0.15) is 11.6 Å². The fourth-order valence-corrected chi connectivity index (χ4v) is 9.53. The number of rotatable bonds is 16. The van der Waals surface area contributed by atoms with E-state index < -0.39 is 29.4 Å². The van der Waals surface area contributed by atoms with Crippen molar-refractivity contribution >= 4 is 45.7 Å². The normalized spacial score (nSPS) is 14.8. The lowest BCUT2D eigenvalue weighted by Crippen LogP contribution is -2.40. The molecule has 1 fully saturated rings. The molecule has 0 aliphatic carbocycles. The Morgan fingerprint density at radius 1 is 0.877 bits per heavy atom. The first-order valence-electron chi connectivity index (χ1n) is 21.4. The third-order valence-electron chi connectivity index (χ3n) is 11.8. The number of carbonyl (C=O) groups excluding carboxylic acids is 2. The van der Waals surface area contributed by atoms with Crippen LogP contribution >= 0.6 is 22.9 Å². The number of H-pyrrole nitrogens is 1. The highest BCUT2D eigenvalue weighted by Crippen LogP contribution is 2.36. The van der Waals surface area contributed by atoms with Crippen molar-refractivity contribution in [2.45, 2.75) is 44.2 Å². The number of phenols is 1. The van der Waals surface area contributed by atoms with Crippen LogP contribution in [0.1, 0.15) is 62.0 Å². The smallest absolute Gasteiger partial charge is 0.347 e. The summed E-state index contributed by atoms with van der Waals surface area (Å²) in [7, 11) is 0. The van der Waals surface area contributed by atoms with E-state index in [1.807, 2.05) is 42.5 Å². The Balaban J connectivity index is 0.875. The van der Waals surface area contributed by atoms with Gasteiger partial charge in [0.15, 0.2) is 0 Å². The first-order chi connectivity index (χ1) is 31.5. The van der Waals surface area contributed by atoms with Gasteiger partial charge in [-0.15, -0.1) is 11.3 Å². The molecule has 0 spiro atoms. The van der Waals surface area contributed by atoms with E-state index in [9.17, 15) is 29.7 Å². The Morgan fingerprint density at radius 3 is 2.37 bits per heavy atom. The predicted molar refractivity (Wildman–Crippen MR) is 250 cm³/mol. The minimum Gasteiger partial charge on any atom is -0.506 e. The molecular formula is C51H48ClFN4O7S. The van der Waals surface area contributed by atoms with Gasteiger partial charge < -0.3 is 35.7 Å². The largest absolute Gasteiger partial charge is 0.506 e. The lowest BCUT2D eigenvalue weighted by molar-refractivity contribution is -0.164. The minimum atomic E-state index is -2.07. The number of amides is 1. The van der Waals surface area contributed by atoms with Gasteiger partial charge in [-0.3, -0.25) is 14.5 Å². The number of aromatic amines is 1. The first-order valence-corrected chi connectivity index (χ1v) is 22.6. The number of nitrogens with zero attached hydrogens (tertiary/aromatic N) is 1. The van der Waals surface area contributed by atoms with Crippen molar-refractivity contribution in [3.05, 3.63) is 193 Å². The summed E-state index contributed by atoms with van der Waals surface area (Å²) in [5.41, 5.74) is 1.15. The van der Waals surface area contributed by atoms with Crippen molar-refractivity contribution in [1.82, 2.24) is 20.5 Å². The molecule has 5 aromatic carbocycles. The van der Waals surface area contributed by atoms with Gasteiger partial charge in [-0.2, -0.15) is 0 Å². The van der Waals surface area contributed by atoms with Gasteiger partial charge in [0.25, 0.3) is 5.91 Å². The molecule has 1 aliphatic heterocycles. The van der Waals surface area contributed by atoms with Crippen molar-refractivity contribution in [2.75, 3.05) is 26.2 Å². The van der Waals surface area contributed by atoms with Crippen LogP contribution in [0.15, 0.2) is 138 Å². The van der Waals surface area contributed by atoms with E-state index in [1.54, 1.807) is 48.5 Å². The van der Waals surface area contributed by atoms with Crippen molar-refractivity contribution in [3.63, 3.8) is 0 Å². The molecule has 7 aromatic rings. The van der Waals surface area contributed by atoms with Crippen LogP contribution in [-0.2, 0) is 34.8 Å². The summed E-state index contributed by atoms with van der Waals surface area (Å²) in [4.78, 5) is 45.6. The predicted octanol–water partition coefficient (Wildman–Crippen LogP) is 8.20. The number of esters is 1. The molecule has 0 unspecified atom stereocenters. The number of aliphatic hydroxyl groups excluding tert-OH is 1. The molecule has 2 atom stereocenters. The van der Waals surface area contributed by atoms with Crippen molar-refractivity contribution in [1.29, 1.82) is 0 Å². The van der Waals surface area contributed by atoms with Gasteiger partial charge in [0.2, 0.25) is 11.2 Å². The number of aromatic hydroxyl groups is 1. The van der Waals surface area contributed by atoms with Gasteiger partial charge >= 0.3 is 5.97 Å². The summed E-state index contributed by atoms with van der Waals surface area (Å²) in [5, 5.41) is 39.6. The molecular weight excluding hydrogens is 867 g/mol. The Labute approximate surface area is 384 Å². The number of fused-ring (bicyclic) bond motifs is 1. The van der Waals surface area contributed by atoms with Crippen molar-refractivity contribution in [3.8, 4) is 16.2 Å². The molecule has 1 aliphatic rings. The molecule has 14 heteroatoms. The lowest BCUT2D eigenvalue weighted by Gasteiger charge is -2.33. The van der Waals surface area contributed by atoms with Crippen LogP contribution in [0, 0.1) is 11.7 Å². The fraction of sp³-hybridized carbons (Fsp3) is 0.235. The molecule has 1 amide bonds. The molecule has 0 bridgehead atoms. The maximum atomic E-state index is 15.4. The molecule has 65 heavy (non-hydrogen) atoms. The number of likely N-dealkylation sites (tertiary alicyclic amines) is 1. The quantitative estimate of drug-likeness (QED) is 0.0525. The lowest BCUT2D eigenvalue weighted by atomic mass is 9.85. The summed E-state index contributed by atoms with van der Waals surface area (Å²) in [6, 6.07) is 38.5. The maximum absolute atomic E-state index is 15.4. The minimum absolute atomic E-state index is 0.0595. The number of carbonyl (C=O) groups is 2. The van der Waals surface area contributed by atoms with Crippen LogP contribution in [0.5, 0.6) is 5.75 Å². The zero-order valence-corrected chi connectivity index (χ0v) is 36.9. The Hall–Kier alpha value is -6.19. The van der Waals surface area contributed by atoms with E-state index in [-0.39, 0.29) is 59.6 Å². The number of aliphatic hydroxyl groups is 2. The SMILES string of the molecule is O=C(NCc1ccc(-c2cccc([C@](O)(C(=O)OCC3CCN(Cc4ccccc4)CC3)c3ccccc3)c2)s1)c1c(F)cc(CNC[C@H](O)c2ccc(O)c3[nH]c(=O)ccc23)cc1Cl. The number of phenolic OH excluding ortho intramolecular Hbond substituents is 1. The molecule has 3 heterocycles. The van der Waals surface area contributed by atoms with E-state index in [1.165, 1.54) is 47.2 Å². The summed E-state index contributed by atoms with van der Waals surface area (Å²) >= 11 is 7.85. The molecule has 0 radical (unpaired) electrons. The number of piperidine rings is 1. The van der Waals surface area contributed by atoms with E-state index in [2.05, 4.69) is 32.7 Å². The number of aromatic nitrogens is 1. The standard InChI is InChI=1S/C51H48ClFN4O7S/c52-41-24-34(27-54-29-44(59)39-15-17-43(58)48-40(39)16-19-46(60)56-48)25-42(53)47(41)49(61)55-28-38-14-18-45(65-38)35-10-7-13-37(26-35)51(63,36-11-5-2-6-12-36)50(62)64-31-33-20-22-57(23-21-33)30-32-8-3-1-4-9-32/h1-19,24-26,33,44,54,58-59,63H,20-23,27-31H2,(H,55,61)(H,56,60)/t44-,51-/m0/s1. The monoisotopic (exact) mass is 914 g/mol. The molecule has 6 N–H and O–H groups in total. The summed E-state index contributed by atoms with van der Waals surface area (Å²) in [6.45, 7) is 3.16. The average Bonchev–Trinajstić information content (AvgIpc) is 3.80. The Bertz CT molecular complexity index is 2830. The van der Waals surface area contributed by atoms with Crippen LogP contribution in [0.2, 0.25) is 5.02 Å². The number of halogens is 2. The number of hydrogen-bond donors (Lipinski definition) is 6. The second kappa shape index (κ2) is 20.3. The topological polar surface area (TPSA) is 164 Å². The highest BCUT2D eigenvalue weighted by Gasteiger charge is 2.42. The molecule has 11 nitrogen and oxygen atoms in total. The van der Waals surface area contributed by atoms with Crippen LogP contribution < -0.4 is 16.2 Å². The van der Waals surface area contributed by atoms with Crippen molar-refractivity contribution < 1.29 is 34.0 Å². The Kier molecular flexibility index (Phi) is 14.2. The number of thiophene rings is 1. The van der Waals surface area contributed by atoms with E-state index in [0.29, 0.717) is 27.6 Å². The number of pyridine rings is 1. The second-order valence-corrected chi connectivity index (χ2v) is 17.9. The van der Waals surface area contributed by atoms with Gasteiger partial charge in [0, 0.05) is 46.4 Å². The van der Waals surface area contributed by atoms with Gasteiger partial charge in [-0.25, -0.2) is 9.18 Å². The molecule has 1 saturated heterocycles. The first kappa shape index (κ1) is 45.4.